The quantitative estimate of drug-likeness (QED) is 0.443. The van der Waals surface area contributed by atoms with Crippen LogP contribution in [0.25, 0.3) is 0 Å². The summed E-state index contributed by atoms with van der Waals surface area (Å²) in [5.74, 6) is -0.425. The number of carbonyl (C=O) groups is 3. The molecular formula is C27H41F3O7. The largest absolute Gasteiger partial charge is 0.481 e. The molecular weight excluding hydrogens is 493 g/mol. The fraction of sp³-hybridized carbons (Fsp3) is 0.889. The molecule has 0 spiro atoms. The van der Waals surface area contributed by atoms with Crippen LogP contribution in [0.5, 0.6) is 0 Å². The summed E-state index contributed by atoms with van der Waals surface area (Å²) < 4.78 is 44.5. The Morgan fingerprint density at radius 1 is 0.919 bits per heavy atom. The van der Waals surface area contributed by atoms with E-state index < -0.39 is 30.3 Å². The van der Waals surface area contributed by atoms with E-state index in [-0.39, 0.29) is 54.1 Å². The third kappa shape index (κ3) is 5.56. The van der Waals surface area contributed by atoms with Crippen molar-refractivity contribution in [2.45, 2.75) is 96.3 Å². The zero-order valence-electron chi connectivity index (χ0n) is 22.0. The van der Waals surface area contributed by atoms with Gasteiger partial charge in [-0.3, -0.25) is 14.4 Å². The van der Waals surface area contributed by atoms with E-state index in [0.717, 1.165) is 38.5 Å². The van der Waals surface area contributed by atoms with Gasteiger partial charge in [0.15, 0.2) is 11.4 Å². The summed E-state index contributed by atoms with van der Waals surface area (Å²) in [5.41, 5.74) is -2.76. The number of esters is 1. The van der Waals surface area contributed by atoms with Gasteiger partial charge < -0.3 is 20.1 Å². The van der Waals surface area contributed by atoms with Gasteiger partial charge in [0.2, 0.25) is 0 Å². The Hall–Kier alpha value is -1.68. The maximum atomic E-state index is 13.4. The number of carbonyl (C=O) groups excluding carboxylic acids is 2. The minimum Gasteiger partial charge on any atom is -0.481 e. The van der Waals surface area contributed by atoms with Crippen molar-refractivity contribution >= 4 is 17.7 Å². The Kier molecular flexibility index (Phi) is 8.74. The number of fused-ring (bicyclic) bond motifs is 5. The minimum absolute atomic E-state index is 0.0451. The van der Waals surface area contributed by atoms with Crippen LogP contribution in [0.4, 0.5) is 13.2 Å². The van der Waals surface area contributed by atoms with Gasteiger partial charge in [0, 0.05) is 5.92 Å². The standard InChI is InChI=1S/C22H33F3O3.C5H8O4/c1-19-9-10-21(28,22(23,24)25)11-13(19)3-4-14-15-5-6-17(18(27)12-26)20(15,2)8-7-16(14)19;1-9-5(8)3-2-4(6)7/h13-17,26,28H,3-12H2,1-2H3;2-3H2,1H3,(H,6,7)/t13-,14+,15+,16+,17-,19+,20+,21-;/m1./s1. The first-order valence-electron chi connectivity index (χ1n) is 13.3. The fourth-order valence-electron chi connectivity index (χ4n) is 8.45. The highest BCUT2D eigenvalue weighted by atomic mass is 19.4. The number of ketones is 1. The van der Waals surface area contributed by atoms with Gasteiger partial charge in [-0.25, -0.2) is 0 Å². The molecule has 0 amide bonds. The van der Waals surface area contributed by atoms with Gasteiger partial charge in [-0.2, -0.15) is 13.2 Å². The van der Waals surface area contributed by atoms with Crippen molar-refractivity contribution in [3.8, 4) is 0 Å². The number of carboxylic acids is 1. The van der Waals surface area contributed by atoms with Crippen LogP contribution in [0.3, 0.4) is 0 Å². The van der Waals surface area contributed by atoms with E-state index in [4.69, 9.17) is 5.11 Å². The number of hydrogen-bond donors (Lipinski definition) is 3. The molecule has 3 N–H and O–H groups in total. The second kappa shape index (κ2) is 10.8. The number of halogens is 3. The lowest BCUT2D eigenvalue weighted by Crippen LogP contribution is -2.59. The normalized spacial score (nSPS) is 40.8. The summed E-state index contributed by atoms with van der Waals surface area (Å²) in [6.45, 7) is 3.98. The van der Waals surface area contributed by atoms with Crippen molar-refractivity contribution in [3.63, 3.8) is 0 Å². The Labute approximate surface area is 216 Å². The van der Waals surface area contributed by atoms with Crippen LogP contribution in [-0.4, -0.2) is 58.5 Å². The van der Waals surface area contributed by atoms with E-state index >= 15 is 0 Å². The molecule has 0 bridgehead atoms. The summed E-state index contributed by atoms with van der Waals surface area (Å²) in [7, 11) is 1.23. The van der Waals surface area contributed by atoms with E-state index in [2.05, 4.69) is 18.6 Å². The first-order valence-corrected chi connectivity index (χ1v) is 13.3. The van der Waals surface area contributed by atoms with Crippen LogP contribution in [0.15, 0.2) is 0 Å². The Balaban J connectivity index is 0.000000364. The molecule has 0 radical (unpaired) electrons. The van der Waals surface area contributed by atoms with Crippen LogP contribution in [-0.2, 0) is 19.1 Å². The first-order chi connectivity index (χ1) is 17.1. The lowest BCUT2D eigenvalue weighted by molar-refractivity contribution is -0.290. The van der Waals surface area contributed by atoms with Gasteiger partial charge >= 0.3 is 18.1 Å². The zero-order valence-corrected chi connectivity index (χ0v) is 22.0. The number of hydrogen-bond acceptors (Lipinski definition) is 6. The van der Waals surface area contributed by atoms with Crippen molar-refractivity contribution in [2.24, 2.45) is 40.4 Å². The molecule has 4 aliphatic rings. The summed E-state index contributed by atoms with van der Waals surface area (Å²) >= 11 is 0. The lowest BCUT2D eigenvalue weighted by atomic mass is 9.43. The van der Waals surface area contributed by atoms with E-state index in [1.807, 2.05) is 0 Å². The molecule has 7 nitrogen and oxygen atoms in total. The van der Waals surface area contributed by atoms with Gasteiger partial charge in [-0.1, -0.05) is 13.8 Å². The molecule has 10 heteroatoms. The number of rotatable bonds is 5. The second-order valence-electron chi connectivity index (χ2n) is 12.2. The van der Waals surface area contributed by atoms with E-state index in [9.17, 15) is 37.8 Å². The number of methoxy groups -OCH3 is 1. The number of carboxylic acid groups (broad SMARTS) is 1. The van der Waals surface area contributed by atoms with Gasteiger partial charge in [0.1, 0.15) is 6.61 Å². The highest BCUT2D eigenvalue weighted by molar-refractivity contribution is 5.83. The SMILES string of the molecule is COC(=O)CCC(=O)O.C[C@]12CC[C@](O)(C(F)(F)F)C[C@H]1CC[C@@H]1[C@@H]2CC[C@]2(C)[C@@H](C(=O)CO)CC[C@@H]12. The van der Waals surface area contributed by atoms with Gasteiger partial charge in [-0.05, 0) is 92.3 Å². The summed E-state index contributed by atoms with van der Waals surface area (Å²) in [4.78, 5) is 32.3. The molecule has 4 rings (SSSR count). The molecule has 0 aromatic rings. The average molecular weight is 535 g/mol. The van der Waals surface area contributed by atoms with Gasteiger partial charge in [0.05, 0.1) is 20.0 Å². The number of Topliss-reactive ketones (excluding diaryl/α,β-unsaturated/α-hetero) is 1. The lowest BCUT2D eigenvalue weighted by Gasteiger charge is -2.62. The van der Waals surface area contributed by atoms with Crippen molar-refractivity contribution in [1.82, 2.24) is 0 Å². The molecule has 4 saturated carbocycles. The Morgan fingerprint density at radius 2 is 1.57 bits per heavy atom. The van der Waals surface area contributed by atoms with Crippen LogP contribution in [0, 0.1) is 40.4 Å². The van der Waals surface area contributed by atoms with E-state index in [1.165, 1.54) is 7.11 Å². The van der Waals surface area contributed by atoms with Gasteiger partial charge in [-0.15, -0.1) is 0 Å². The number of ether oxygens (including phenoxy) is 1. The third-order valence-corrected chi connectivity index (χ3v) is 10.6. The van der Waals surface area contributed by atoms with Crippen LogP contribution in [0.1, 0.15) is 84.5 Å². The van der Waals surface area contributed by atoms with Crippen molar-refractivity contribution in [3.05, 3.63) is 0 Å². The second-order valence-corrected chi connectivity index (χ2v) is 12.2. The Bertz CT molecular complexity index is 877. The number of aliphatic carboxylic acids is 1. The van der Waals surface area contributed by atoms with Crippen molar-refractivity contribution in [1.29, 1.82) is 0 Å². The molecule has 4 aliphatic carbocycles. The van der Waals surface area contributed by atoms with E-state index in [1.54, 1.807) is 0 Å². The van der Waals surface area contributed by atoms with Crippen molar-refractivity contribution < 1.29 is 47.6 Å². The molecule has 0 heterocycles. The number of alkyl halides is 3. The summed E-state index contributed by atoms with van der Waals surface area (Å²) in [6, 6.07) is 0. The first kappa shape index (κ1) is 29.9. The predicted octanol–water partition coefficient (Wildman–Crippen LogP) is 4.52. The molecule has 0 aromatic heterocycles. The molecule has 37 heavy (non-hydrogen) atoms. The smallest absolute Gasteiger partial charge is 0.417 e. The predicted molar refractivity (Wildman–Crippen MR) is 127 cm³/mol. The molecule has 0 saturated heterocycles. The van der Waals surface area contributed by atoms with Crippen LogP contribution < -0.4 is 0 Å². The van der Waals surface area contributed by atoms with E-state index in [0.29, 0.717) is 24.2 Å². The highest BCUT2D eigenvalue weighted by Gasteiger charge is 2.65. The summed E-state index contributed by atoms with van der Waals surface area (Å²) in [5, 5.41) is 27.7. The maximum Gasteiger partial charge on any atom is 0.417 e. The third-order valence-electron chi connectivity index (χ3n) is 10.6. The number of aliphatic hydroxyl groups is 2. The molecule has 0 aliphatic heterocycles. The Morgan fingerprint density at radius 3 is 2.14 bits per heavy atom. The molecule has 0 unspecified atom stereocenters. The molecule has 8 atom stereocenters. The zero-order chi connectivity index (χ0) is 27.8. The topological polar surface area (TPSA) is 121 Å². The monoisotopic (exact) mass is 534 g/mol. The fourth-order valence-corrected chi connectivity index (χ4v) is 8.45. The molecule has 0 aromatic carbocycles. The maximum absolute atomic E-state index is 13.4. The van der Waals surface area contributed by atoms with Crippen LogP contribution in [0.2, 0.25) is 0 Å². The average Bonchev–Trinajstić information content (AvgIpc) is 3.19. The molecule has 4 fully saturated rings. The molecule has 212 valence electrons. The summed E-state index contributed by atoms with van der Waals surface area (Å²) in [6.07, 6.45) is 0.629. The minimum atomic E-state index is -4.56. The van der Waals surface area contributed by atoms with Gasteiger partial charge in [0.25, 0.3) is 0 Å². The highest BCUT2D eigenvalue weighted by Crippen LogP contribution is 2.68. The van der Waals surface area contributed by atoms with Crippen molar-refractivity contribution in [2.75, 3.05) is 13.7 Å². The number of aliphatic hydroxyl groups excluding tert-OH is 1. The van der Waals surface area contributed by atoms with Crippen LogP contribution >= 0.6 is 0 Å².